The van der Waals surface area contributed by atoms with Gasteiger partial charge in [-0.25, -0.2) is 0 Å². The largest absolute Gasteiger partial charge is 0.308 e. The van der Waals surface area contributed by atoms with Crippen molar-refractivity contribution < 1.29 is 0 Å². The molecule has 2 aromatic rings. The molecular weight excluding hydrogens is 262 g/mol. The van der Waals surface area contributed by atoms with Gasteiger partial charge in [0, 0.05) is 22.5 Å². The van der Waals surface area contributed by atoms with Crippen molar-refractivity contribution in [3.8, 4) is 0 Å². The quantitative estimate of drug-likeness (QED) is 0.895. The SMILES string of the molecule is Cc1ccsc1CNC1Cc2ccc(Cl)cc2C1. The van der Waals surface area contributed by atoms with E-state index < -0.39 is 0 Å². The normalized spacial score (nSPS) is 18.0. The van der Waals surface area contributed by atoms with Gasteiger partial charge in [-0.3, -0.25) is 0 Å². The predicted octanol–water partition coefficient (Wildman–Crippen LogP) is 3.97. The minimum atomic E-state index is 0.556. The number of thiophene rings is 1. The van der Waals surface area contributed by atoms with Crippen molar-refractivity contribution in [2.24, 2.45) is 0 Å². The van der Waals surface area contributed by atoms with Crippen LogP contribution in [-0.2, 0) is 19.4 Å². The summed E-state index contributed by atoms with van der Waals surface area (Å²) in [5.41, 5.74) is 4.24. The zero-order valence-electron chi connectivity index (χ0n) is 10.4. The molecule has 1 aromatic carbocycles. The van der Waals surface area contributed by atoms with E-state index in [-0.39, 0.29) is 0 Å². The van der Waals surface area contributed by atoms with E-state index in [0.717, 1.165) is 24.4 Å². The van der Waals surface area contributed by atoms with Crippen LogP contribution in [-0.4, -0.2) is 6.04 Å². The Hall–Kier alpha value is -0.830. The van der Waals surface area contributed by atoms with Crippen LogP contribution in [0.4, 0.5) is 0 Å². The first-order chi connectivity index (χ1) is 8.72. The van der Waals surface area contributed by atoms with Crippen molar-refractivity contribution >= 4 is 22.9 Å². The molecular formula is C15H16ClNS. The maximum Gasteiger partial charge on any atom is 0.0408 e. The van der Waals surface area contributed by atoms with Crippen LogP contribution in [0.2, 0.25) is 5.02 Å². The molecule has 0 spiro atoms. The van der Waals surface area contributed by atoms with Gasteiger partial charge in [0.25, 0.3) is 0 Å². The second kappa shape index (κ2) is 5.04. The summed E-state index contributed by atoms with van der Waals surface area (Å²) in [7, 11) is 0. The van der Waals surface area contributed by atoms with Gasteiger partial charge in [-0.2, -0.15) is 0 Å². The Balaban J connectivity index is 1.63. The maximum absolute atomic E-state index is 6.03. The molecule has 0 aliphatic heterocycles. The monoisotopic (exact) mass is 277 g/mol. The third-order valence-corrected chi connectivity index (χ3v) is 4.88. The summed E-state index contributed by atoms with van der Waals surface area (Å²) >= 11 is 7.87. The second-order valence-corrected chi connectivity index (χ2v) is 6.36. The number of fused-ring (bicyclic) bond motifs is 1. The topological polar surface area (TPSA) is 12.0 Å². The number of benzene rings is 1. The lowest BCUT2D eigenvalue weighted by atomic mass is 10.1. The van der Waals surface area contributed by atoms with E-state index in [1.807, 2.05) is 17.4 Å². The van der Waals surface area contributed by atoms with Gasteiger partial charge in [0.05, 0.1) is 0 Å². The van der Waals surface area contributed by atoms with E-state index in [1.165, 1.54) is 21.6 Å². The standard InChI is InChI=1S/C15H16ClNS/c1-10-4-5-18-15(10)9-17-14-7-11-2-3-13(16)6-12(11)8-14/h2-6,14,17H,7-9H2,1H3. The Kier molecular flexibility index (Phi) is 3.42. The zero-order chi connectivity index (χ0) is 12.5. The summed E-state index contributed by atoms with van der Waals surface area (Å²) in [5, 5.41) is 6.67. The summed E-state index contributed by atoms with van der Waals surface area (Å²) < 4.78 is 0. The van der Waals surface area contributed by atoms with Crippen molar-refractivity contribution in [1.82, 2.24) is 5.32 Å². The molecule has 0 fully saturated rings. The first-order valence-electron chi connectivity index (χ1n) is 6.26. The molecule has 1 nitrogen and oxygen atoms in total. The fourth-order valence-corrected chi connectivity index (χ4v) is 3.61. The minimum absolute atomic E-state index is 0.556. The Morgan fingerprint density at radius 3 is 2.89 bits per heavy atom. The van der Waals surface area contributed by atoms with Gasteiger partial charge in [0.1, 0.15) is 0 Å². The molecule has 0 saturated carbocycles. The van der Waals surface area contributed by atoms with Crippen LogP contribution in [0.1, 0.15) is 21.6 Å². The summed E-state index contributed by atoms with van der Waals surface area (Å²) in [6.45, 7) is 3.16. The molecule has 0 amide bonds. The van der Waals surface area contributed by atoms with Gasteiger partial charge in [-0.05, 0) is 60.0 Å². The number of nitrogens with one attached hydrogen (secondary N) is 1. The highest BCUT2D eigenvalue weighted by Gasteiger charge is 2.21. The van der Waals surface area contributed by atoms with E-state index in [4.69, 9.17) is 11.6 Å². The highest BCUT2D eigenvalue weighted by atomic mass is 35.5. The highest BCUT2D eigenvalue weighted by Crippen LogP contribution is 2.26. The van der Waals surface area contributed by atoms with Crippen molar-refractivity contribution in [3.63, 3.8) is 0 Å². The van der Waals surface area contributed by atoms with Gasteiger partial charge in [0.15, 0.2) is 0 Å². The van der Waals surface area contributed by atoms with Crippen LogP contribution in [0.15, 0.2) is 29.6 Å². The minimum Gasteiger partial charge on any atom is -0.308 e. The van der Waals surface area contributed by atoms with Crippen LogP contribution in [0.3, 0.4) is 0 Å². The maximum atomic E-state index is 6.03. The lowest BCUT2D eigenvalue weighted by Crippen LogP contribution is -2.28. The number of halogens is 1. The van der Waals surface area contributed by atoms with Gasteiger partial charge in [-0.1, -0.05) is 17.7 Å². The third-order valence-electron chi connectivity index (χ3n) is 3.62. The molecule has 3 heteroatoms. The second-order valence-electron chi connectivity index (χ2n) is 4.93. The van der Waals surface area contributed by atoms with Crippen molar-refractivity contribution in [1.29, 1.82) is 0 Å². The first-order valence-corrected chi connectivity index (χ1v) is 7.52. The van der Waals surface area contributed by atoms with E-state index in [0.29, 0.717) is 6.04 Å². The zero-order valence-corrected chi connectivity index (χ0v) is 11.9. The van der Waals surface area contributed by atoms with Crippen LogP contribution >= 0.6 is 22.9 Å². The summed E-state index contributed by atoms with van der Waals surface area (Å²) in [6, 6.07) is 9.00. The molecule has 1 N–H and O–H groups in total. The molecule has 18 heavy (non-hydrogen) atoms. The molecule has 1 aliphatic rings. The molecule has 1 atom stereocenters. The molecule has 1 aliphatic carbocycles. The van der Waals surface area contributed by atoms with E-state index >= 15 is 0 Å². The van der Waals surface area contributed by atoms with Gasteiger partial charge >= 0.3 is 0 Å². The molecule has 3 rings (SSSR count). The van der Waals surface area contributed by atoms with E-state index in [1.54, 1.807) is 0 Å². The first kappa shape index (κ1) is 12.2. The van der Waals surface area contributed by atoms with Gasteiger partial charge in [0.2, 0.25) is 0 Å². The van der Waals surface area contributed by atoms with Gasteiger partial charge in [-0.15, -0.1) is 11.3 Å². The molecule has 0 bridgehead atoms. The lowest BCUT2D eigenvalue weighted by molar-refractivity contribution is 0.535. The molecule has 0 radical (unpaired) electrons. The highest BCUT2D eigenvalue weighted by molar-refractivity contribution is 7.10. The molecule has 1 heterocycles. The van der Waals surface area contributed by atoms with Gasteiger partial charge < -0.3 is 5.32 Å². The van der Waals surface area contributed by atoms with Crippen molar-refractivity contribution in [3.05, 3.63) is 56.2 Å². The summed E-state index contributed by atoms with van der Waals surface area (Å²) in [4.78, 5) is 1.45. The fourth-order valence-electron chi connectivity index (χ4n) is 2.55. The summed E-state index contributed by atoms with van der Waals surface area (Å²) in [6.07, 6.45) is 2.22. The molecule has 94 valence electrons. The van der Waals surface area contributed by atoms with Crippen LogP contribution in [0.5, 0.6) is 0 Å². The summed E-state index contributed by atoms with van der Waals surface area (Å²) in [5.74, 6) is 0. The Morgan fingerprint density at radius 2 is 2.11 bits per heavy atom. The average molecular weight is 278 g/mol. The Bertz CT molecular complexity index is 561. The Morgan fingerprint density at radius 1 is 1.28 bits per heavy atom. The van der Waals surface area contributed by atoms with Crippen molar-refractivity contribution in [2.45, 2.75) is 32.4 Å². The van der Waals surface area contributed by atoms with Crippen LogP contribution < -0.4 is 5.32 Å². The third kappa shape index (κ3) is 2.46. The fraction of sp³-hybridized carbons (Fsp3) is 0.333. The average Bonchev–Trinajstić information content (AvgIpc) is 2.92. The van der Waals surface area contributed by atoms with Crippen LogP contribution in [0, 0.1) is 6.92 Å². The number of rotatable bonds is 3. The number of hydrogen-bond donors (Lipinski definition) is 1. The van der Waals surface area contributed by atoms with Crippen LogP contribution in [0.25, 0.3) is 0 Å². The predicted molar refractivity (Wildman–Crippen MR) is 78.5 cm³/mol. The van der Waals surface area contributed by atoms with E-state index in [2.05, 4.69) is 35.8 Å². The van der Waals surface area contributed by atoms with E-state index in [9.17, 15) is 0 Å². The number of aryl methyl sites for hydroxylation is 1. The number of hydrogen-bond acceptors (Lipinski definition) is 2. The lowest BCUT2D eigenvalue weighted by Gasteiger charge is -2.11. The molecule has 1 unspecified atom stereocenters. The van der Waals surface area contributed by atoms with Crippen molar-refractivity contribution in [2.75, 3.05) is 0 Å². The molecule has 0 saturated heterocycles. The smallest absolute Gasteiger partial charge is 0.0408 e. The molecule has 1 aromatic heterocycles. The Labute approximate surface area is 117 Å².